The van der Waals surface area contributed by atoms with Crippen LogP contribution in [0, 0.1) is 0 Å². The number of aromatic nitrogens is 6. The average Bonchev–Trinajstić information content (AvgIpc) is 3.60. The van der Waals surface area contributed by atoms with E-state index in [4.69, 9.17) is 19.9 Å². The molecule has 3 heterocycles. The summed E-state index contributed by atoms with van der Waals surface area (Å²) in [4.78, 5) is 24.5. The molecule has 0 spiro atoms. The Morgan fingerprint density at radius 2 is 0.804 bits per heavy atom. The van der Waals surface area contributed by atoms with Gasteiger partial charge in [0.25, 0.3) is 0 Å². The summed E-state index contributed by atoms with van der Waals surface area (Å²) in [7, 11) is 0. The summed E-state index contributed by atoms with van der Waals surface area (Å²) in [6.45, 7) is 0. The maximum absolute atomic E-state index is 5.06. The van der Waals surface area contributed by atoms with Crippen molar-refractivity contribution in [1.82, 2.24) is 29.3 Å². The Morgan fingerprint density at radius 1 is 0.373 bits per heavy atom. The molecule has 0 aliphatic rings. The fourth-order valence-corrected chi connectivity index (χ4v) is 6.92. The predicted molar refractivity (Wildman–Crippen MR) is 206 cm³/mol. The van der Waals surface area contributed by atoms with Gasteiger partial charge in [0.15, 0.2) is 23.1 Å². The minimum Gasteiger partial charge on any atom is -0.296 e. The van der Waals surface area contributed by atoms with Crippen molar-refractivity contribution >= 4 is 38.0 Å². The summed E-state index contributed by atoms with van der Waals surface area (Å²) in [6, 6.07) is 52.7. The highest BCUT2D eigenvalue weighted by molar-refractivity contribution is 5.91. The van der Waals surface area contributed by atoms with Crippen molar-refractivity contribution in [1.29, 1.82) is 0 Å². The predicted octanol–water partition coefficient (Wildman–Crippen LogP) is 10.7. The van der Waals surface area contributed by atoms with Crippen LogP contribution in [0.2, 0.25) is 0 Å². The summed E-state index contributed by atoms with van der Waals surface area (Å²) in [6.07, 6.45) is 5.56. The fourth-order valence-electron chi connectivity index (χ4n) is 6.92. The molecular weight excluding hydrogens is 625 g/mol. The largest absolute Gasteiger partial charge is 0.296 e. The molecule has 0 aliphatic carbocycles. The molecule has 0 saturated heterocycles. The van der Waals surface area contributed by atoms with Crippen LogP contribution in [0.15, 0.2) is 170 Å². The highest BCUT2D eigenvalue weighted by Crippen LogP contribution is 2.35. The minimum absolute atomic E-state index is 0.611. The van der Waals surface area contributed by atoms with Crippen molar-refractivity contribution in [3.63, 3.8) is 0 Å². The molecule has 6 heteroatoms. The molecule has 10 rings (SSSR count). The average molecular weight is 653 g/mol. The van der Waals surface area contributed by atoms with E-state index in [1.54, 1.807) is 12.4 Å². The molecule has 51 heavy (non-hydrogen) atoms. The minimum atomic E-state index is 0.611. The second-order valence-corrected chi connectivity index (χ2v) is 12.7. The zero-order valence-electron chi connectivity index (χ0n) is 27.3. The third-order valence-corrected chi connectivity index (χ3v) is 9.52. The molecule has 0 fully saturated rings. The van der Waals surface area contributed by atoms with Gasteiger partial charge in [-0.25, -0.2) is 19.9 Å². The van der Waals surface area contributed by atoms with Crippen LogP contribution in [0.1, 0.15) is 0 Å². The molecule has 0 bridgehead atoms. The molecular formula is C45H28N6. The van der Waals surface area contributed by atoms with Crippen LogP contribution in [0.25, 0.3) is 94.6 Å². The Kier molecular flexibility index (Phi) is 6.70. The molecule has 6 nitrogen and oxygen atoms in total. The quantitative estimate of drug-likeness (QED) is 0.185. The van der Waals surface area contributed by atoms with Crippen molar-refractivity contribution < 1.29 is 0 Å². The summed E-state index contributed by atoms with van der Waals surface area (Å²) in [5.41, 5.74) is 7.54. The van der Waals surface area contributed by atoms with E-state index in [1.807, 2.05) is 6.20 Å². The number of rotatable bonds is 5. The van der Waals surface area contributed by atoms with Gasteiger partial charge in [0.1, 0.15) is 0 Å². The smallest absolute Gasteiger partial charge is 0.164 e. The SMILES string of the molecule is c1ccc2cc(-c3nc(-c4ccc(-c5c(-c6ccc7ccccc7c6)nc6cnccn56)cc4)nc(-c4ccc5ccccc5c4)n3)ccc2c1. The Morgan fingerprint density at radius 3 is 1.35 bits per heavy atom. The number of nitrogens with zero attached hydrogens (tertiary/aromatic N) is 6. The first-order chi connectivity index (χ1) is 25.2. The Labute approximate surface area is 293 Å². The van der Waals surface area contributed by atoms with Gasteiger partial charge in [-0.1, -0.05) is 133 Å². The lowest BCUT2D eigenvalue weighted by Crippen LogP contribution is -2.00. The van der Waals surface area contributed by atoms with Crippen LogP contribution >= 0.6 is 0 Å². The van der Waals surface area contributed by atoms with Crippen molar-refractivity contribution in [2.24, 2.45) is 0 Å². The number of fused-ring (bicyclic) bond motifs is 4. The lowest BCUT2D eigenvalue weighted by Gasteiger charge is -2.11. The number of benzene rings is 7. The standard InChI is InChI=1S/C45H28N6/c1-4-10-34-25-37(20-13-29(34)7-1)41-42(51-24-23-46-28-40(51)47-41)32-16-18-33(19-17-32)43-48-44(38-21-14-30-8-2-5-11-35(30)26-38)50-45(49-43)39-22-15-31-9-3-6-12-36(31)27-39/h1-28H. The monoisotopic (exact) mass is 652 g/mol. The zero-order valence-corrected chi connectivity index (χ0v) is 27.3. The third kappa shape index (κ3) is 5.18. The molecule has 0 unspecified atom stereocenters. The highest BCUT2D eigenvalue weighted by atomic mass is 15.0. The third-order valence-electron chi connectivity index (χ3n) is 9.52. The van der Waals surface area contributed by atoms with Crippen LogP contribution in [0.3, 0.4) is 0 Å². The molecule has 0 amide bonds. The lowest BCUT2D eigenvalue weighted by atomic mass is 10.0. The van der Waals surface area contributed by atoms with Crippen LogP contribution in [0.4, 0.5) is 0 Å². The normalized spacial score (nSPS) is 11.5. The van der Waals surface area contributed by atoms with Crippen LogP contribution in [-0.4, -0.2) is 29.3 Å². The van der Waals surface area contributed by atoms with E-state index in [2.05, 4.69) is 161 Å². The molecule has 3 aromatic heterocycles. The van der Waals surface area contributed by atoms with Gasteiger partial charge in [-0.2, -0.15) is 0 Å². The van der Waals surface area contributed by atoms with Crippen molar-refractivity contribution in [2.75, 3.05) is 0 Å². The maximum atomic E-state index is 5.06. The van der Waals surface area contributed by atoms with Gasteiger partial charge < -0.3 is 0 Å². The van der Waals surface area contributed by atoms with Gasteiger partial charge in [-0.3, -0.25) is 9.38 Å². The molecule has 0 saturated carbocycles. The number of imidazole rings is 1. The molecule has 0 radical (unpaired) electrons. The summed E-state index contributed by atoms with van der Waals surface area (Å²) >= 11 is 0. The van der Waals surface area contributed by atoms with E-state index in [0.29, 0.717) is 17.5 Å². The van der Waals surface area contributed by atoms with E-state index in [-0.39, 0.29) is 0 Å². The van der Waals surface area contributed by atoms with Crippen LogP contribution < -0.4 is 0 Å². The number of hydrogen-bond acceptors (Lipinski definition) is 5. The number of hydrogen-bond donors (Lipinski definition) is 0. The maximum Gasteiger partial charge on any atom is 0.164 e. The molecule has 0 N–H and O–H groups in total. The Hall–Kier alpha value is -7.05. The molecule has 7 aromatic carbocycles. The fraction of sp³-hybridized carbons (Fsp3) is 0. The molecule has 238 valence electrons. The second kappa shape index (κ2) is 11.8. The topological polar surface area (TPSA) is 68.9 Å². The first-order valence-electron chi connectivity index (χ1n) is 16.9. The van der Waals surface area contributed by atoms with Gasteiger partial charge in [0, 0.05) is 40.2 Å². The summed E-state index contributed by atoms with van der Waals surface area (Å²) in [5, 5.41) is 6.99. The lowest BCUT2D eigenvalue weighted by molar-refractivity contribution is 1.07. The van der Waals surface area contributed by atoms with Crippen molar-refractivity contribution in [2.45, 2.75) is 0 Å². The summed E-state index contributed by atoms with van der Waals surface area (Å²) < 4.78 is 2.10. The Balaban J connectivity index is 1.11. The van der Waals surface area contributed by atoms with Crippen molar-refractivity contribution in [3.05, 3.63) is 170 Å². The van der Waals surface area contributed by atoms with E-state index in [9.17, 15) is 0 Å². The highest BCUT2D eigenvalue weighted by Gasteiger charge is 2.18. The molecule has 0 atom stereocenters. The van der Waals surface area contributed by atoms with Crippen LogP contribution in [-0.2, 0) is 0 Å². The first kappa shape index (κ1) is 28.9. The van der Waals surface area contributed by atoms with Gasteiger partial charge >= 0.3 is 0 Å². The van der Waals surface area contributed by atoms with E-state index >= 15 is 0 Å². The van der Waals surface area contributed by atoms with Gasteiger partial charge in [-0.05, 0) is 50.5 Å². The van der Waals surface area contributed by atoms with Crippen molar-refractivity contribution in [3.8, 4) is 56.7 Å². The molecule has 10 aromatic rings. The summed E-state index contributed by atoms with van der Waals surface area (Å²) in [5.74, 6) is 1.87. The van der Waals surface area contributed by atoms with Gasteiger partial charge in [0.2, 0.25) is 0 Å². The van der Waals surface area contributed by atoms with Crippen LogP contribution in [0.5, 0.6) is 0 Å². The first-order valence-corrected chi connectivity index (χ1v) is 16.9. The van der Waals surface area contributed by atoms with Gasteiger partial charge in [0.05, 0.1) is 17.6 Å². The second-order valence-electron chi connectivity index (χ2n) is 12.7. The van der Waals surface area contributed by atoms with E-state index in [1.165, 1.54) is 21.5 Å². The van der Waals surface area contributed by atoms with E-state index in [0.717, 1.165) is 55.6 Å². The Bertz CT molecular complexity index is 2830. The zero-order chi connectivity index (χ0) is 33.7. The van der Waals surface area contributed by atoms with E-state index < -0.39 is 0 Å². The molecule has 0 aliphatic heterocycles. The van der Waals surface area contributed by atoms with Gasteiger partial charge in [-0.15, -0.1) is 0 Å².